The zero-order valence-corrected chi connectivity index (χ0v) is 8.28. The first-order valence-electron chi connectivity index (χ1n) is 5.32. The van der Waals surface area contributed by atoms with Gasteiger partial charge in [0.2, 0.25) is 0 Å². The van der Waals surface area contributed by atoms with E-state index >= 15 is 0 Å². The molecule has 0 radical (unpaired) electrons. The van der Waals surface area contributed by atoms with Crippen LogP contribution in [-0.4, -0.2) is 11.3 Å². The Kier molecular flexibility index (Phi) is 2.92. The molecule has 0 spiro atoms. The summed E-state index contributed by atoms with van der Waals surface area (Å²) in [5, 5.41) is 0. The topological polar surface area (TPSA) is 30.0 Å². The second kappa shape index (κ2) is 4.36. The van der Waals surface area contributed by atoms with E-state index in [4.69, 9.17) is 0 Å². The monoisotopic (exact) mass is 189 g/mol. The summed E-state index contributed by atoms with van der Waals surface area (Å²) in [6.07, 6.45) is 8.99. The molecule has 0 atom stereocenters. The molecule has 1 aliphatic rings. The maximum atomic E-state index is 10.8. The van der Waals surface area contributed by atoms with Crippen LogP contribution in [0.2, 0.25) is 0 Å². The Hall–Kier alpha value is -1.18. The van der Waals surface area contributed by atoms with E-state index < -0.39 is 0 Å². The highest BCUT2D eigenvalue weighted by molar-refractivity contribution is 5.76. The molecule has 0 saturated heterocycles. The second-order valence-corrected chi connectivity index (χ2v) is 3.93. The molecular formula is C12H15NO. The molecule has 1 aliphatic carbocycles. The number of carbonyl (C=O) groups excluding carboxylic acids is 1. The molecule has 74 valence electrons. The number of aldehydes is 1. The Bertz CT molecular complexity index is 316. The predicted octanol–water partition coefficient (Wildman–Crippen LogP) is 2.94. The molecule has 0 unspecified atom stereocenters. The smallest absolute Gasteiger partial charge is 0.151 e. The van der Waals surface area contributed by atoms with Gasteiger partial charge >= 0.3 is 0 Å². The standard InChI is InChI=1S/C12H15NO/c14-9-11-7-4-8-13-12(11)10-5-2-1-3-6-10/h4,7-10H,1-3,5-6H2. The fourth-order valence-electron chi connectivity index (χ4n) is 2.25. The Morgan fingerprint density at radius 1 is 1.29 bits per heavy atom. The van der Waals surface area contributed by atoms with Crippen molar-refractivity contribution in [3.05, 3.63) is 29.6 Å². The van der Waals surface area contributed by atoms with Crippen LogP contribution in [0, 0.1) is 0 Å². The van der Waals surface area contributed by atoms with E-state index in [0.29, 0.717) is 5.92 Å². The molecule has 0 aromatic carbocycles. The van der Waals surface area contributed by atoms with Crippen LogP contribution in [0.15, 0.2) is 18.3 Å². The second-order valence-electron chi connectivity index (χ2n) is 3.93. The summed E-state index contributed by atoms with van der Waals surface area (Å²) < 4.78 is 0. The third-order valence-electron chi connectivity index (χ3n) is 2.99. The van der Waals surface area contributed by atoms with E-state index in [1.54, 1.807) is 6.20 Å². The molecule has 0 amide bonds. The molecule has 1 fully saturated rings. The number of nitrogens with zero attached hydrogens (tertiary/aromatic N) is 1. The molecule has 0 N–H and O–H groups in total. The zero-order valence-electron chi connectivity index (χ0n) is 8.28. The van der Waals surface area contributed by atoms with Gasteiger partial charge in [0.25, 0.3) is 0 Å². The zero-order chi connectivity index (χ0) is 9.80. The van der Waals surface area contributed by atoms with Crippen molar-refractivity contribution in [1.82, 2.24) is 4.98 Å². The highest BCUT2D eigenvalue weighted by Gasteiger charge is 2.18. The van der Waals surface area contributed by atoms with Gasteiger partial charge in [0.05, 0.1) is 5.69 Å². The molecule has 0 aliphatic heterocycles. The minimum atomic E-state index is 0.519. The number of rotatable bonds is 2. The summed E-state index contributed by atoms with van der Waals surface area (Å²) in [7, 11) is 0. The Morgan fingerprint density at radius 2 is 2.07 bits per heavy atom. The molecule has 1 saturated carbocycles. The summed E-state index contributed by atoms with van der Waals surface area (Å²) in [5.74, 6) is 0.519. The fourth-order valence-corrected chi connectivity index (χ4v) is 2.25. The van der Waals surface area contributed by atoms with Crippen LogP contribution in [0.1, 0.15) is 54.1 Å². The van der Waals surface area contributed by atoms with E-state index in [9.17, 15) is 4.79 Å². The van der Waals surface area contributed by atoms with E-state index in [1.807, 2.05) is 12.1 Å². The highest BCUT2D eigenvalue weighted by Crippen LogP contribution is 2.32. The van der Waals surface area contributed by atoms with Gasteiger partial charge in [-0.1, -0.05) is 19.3 Å². The first-order valence-corrected chi connectivity index (χ1v) is 5.32. The number of carbonyl (C=O) groups is 1. The largest absolute Gasteiger partial charge is 0.298 e. The summed E-state index contributed by atoms with van der Waals surface area (Å²) in [4.78, 5) is 15.2. The lowest BCUT2D eigenvalue weighted by Gasteiger charge is -2.21. The minimum Gasteiger partial charge on any atom is -0.298 e. The highest BCUT2D eigenvalue weighted by atomic mass is 16.1. The van der Waals surface area contributed by atoms with Gasteiger partial charge in [0.15, 0.2) is 6.29 Å². The van der Waals surface area contributed by atoms with Gasteiger partial charge in [-0.05, 0) is 25.0 Å². The van der Waals surface area contributed by atoms with Crippen LogP contribution in [0.4, 0.5) is 0 Å². The lowest BCUT2D eigenvalue weighted by Crippen LogP contribution is -2.09. The van der Waals surface area contributed by atoms with Crippen LogP contribution in [0.5, 0.6) is 0 Å². The number of aromatic nitrogens is 1. The summed E-state index contributed by atoms with van der Waals surface area (Å²) in [6.45, 7) is 0. The average molecular weight is 189 g/mol. The van der Waals surface area contributed by atoms with Crippen molar-refractivity contribution in [2.45, 2.75) is 38.0 Å². The van der Waals surface area contributed by atoms with Gasteiger partial charge in [-0.15, -0.1) is 0 Å². The van der Waals surface area contributed by atoms with Gasteiger partial charge in [-0.2, -0.15) is 0 Å². The van der Waals surface area contributed by atoms with Crippen LogP contribution in [0.3, 0.4) is 0 Å². The molecule has 2 heteroatoms. The molecule has 1 aromatic rings. The molecule has 0 bridgehead atoms. The van der Waals surface area contributed by atoms with Crippen molar-refractivity contribution in [3.8, 4) is 0 Å². The van der Waals surface area contributed by atoms with Crippen LogP contribution < -0.4 is 0 Å². The van der Waals surface area contributed by atoms with Gasteiger partial charge in [-0.3, -0.25) is 9.78 Å². The van der Waals surface area contributed by atoms with E-state index in [0.717, 1.165) is 17.5 Å². The van der Waals surface area contributed by atoms with Crippen LogP contribution in [0.25, 0.3) is 0 Å². The number of hydrogen-bond acceptors (Lipinski definition) is 2. The van der Waals surface area contributed by atoms with Crippen LogP contribution in [-0.2, 0) is 0 Å². The van der Waals surface area contributed by atoms with Gasteiger partial charge in [0, 0.05) is 17.7 Å². The van der Waals surface area contributed by atoms with Gasteiger partial charge < -0.3 is 0 Å². The lowest BCUT2D eigenvalue weighted by molar-refractivity contribution is 0.112. The normalized spacial score (nSPS) is 18.0. The SMILES string of the molecule is O=Cc1cccnc1C1CCCCC1. The van der Waals surface area contributed by atoms with E-state index in [2.05, 4.69) is 4.98 Å². The average Bonchev–Trinajstić information content (AvgIpc) is 2.30. The van der Waals surface area contributed by atoms with Crippen molar-refractivity contribution >= 4 is 6.29 Å². The van der Waals surface area contributed by atoms with Crippen molar-refractivity contribution in [2.24, 2.45) is 0 Å². The maximum Gasteiger partial charge on any atom is 0.151 e. The van der Waals surface area contributed by atoms with Crippen LogP contribution >= 0.6 is 0 Å². The molecule has 2 nitrogen and oxygen atoms in total. The number of hydrogen-bond donors (Lipinski definition) is 0. The molecule has 1 aromatic heterocycles. The van der Waals surface area contributed by atoms with Crippen molar-refractivity contribution in [3.63, 3.8) is 0 Å². The summed E-state index contributed by atoms with van der Waals surface area (Å²) >= 11 is 0. The van der Waals surface area contributed by atoms with Gasteiger partial charge in [0.1, 0.15) is 0 Å². The van der Waals surface area contributed by atoms with E-state index in [-0.39, 0.29) is 0 Å². The maximum absolute atomic E-state index is 10.8. The van der Waals surface area contributed by atoms with E-state index in [1.165, 1.54) is 32.1 Å². The molecule has 1 heterocycles. The predicted molar refractivity (Wildman–Crippen MR) is 55.5 cm³/mol. The quantitative estimate of drug-likeness (QED) is 0.669. The molecule has 14 heavy (non-hydrogen) atoms. The summed E-state index contributed by atoms with van der Waals surface area (Å²) in [5.41, 5.74) is 1.79. The molecule has 2 rings (SSSR count). The minimum absolute atomic E-state index is 0.519. The third kappa shape index (κ3) is 1.84. The first kappa shape index (κ1) is 9.38. The first-order chi connectivity index (χ1) is 6.92. The Morgan fingerprint density at radius 3 is 2.79 bits per heavy atom. The Balaban J connectivity index is 2.24. The third-order valence-corrected chi connectivity index (χ3v) is 2.99. The van der Waals surface area contributed by atoms with Gasteiger partial charge in [-0.25, -0.2) is 0 Å². The Labute approximate surface area is 84.4 Å². The lowest BCUT2D eigenvalue weighted by atomic mass is 9.85. The van der Waals surface area contributed by atoms with Crippen molar-refractivity contribution in [1.29, 1.82) is 0 Å². The van der Waals surface area contributed by atoms with Crippen molar-refractivity contribution < 1.29 is 4.79 Å². The van der Waals surface area contributed by atoms with Crippen molar-refractivity contribution in [2.75, 3.05) is 0 Å². The fraction of sp³-hybridized carbons (Fsp3) is 0.500. The molecular weight excluding hydrogens is 174 g/mol. The summed E-state index contributed by atoms with van der Waals surface area (Å²) in [6, 6.07) is 3.69. The number of pyridine rings is 1.